The Hall–Kier alpha value is -1.44. The smallest absolute Gasteiger partial charge is 0.243 e. The molecule has 0 aromatic heterocycles. The van der Waals surface area contributed by atoms with E-state index in [1.165, 1.54) is 23.6 Å². The van der Waals surface area contributed by atoms with Crippen LogP contribution >= 0.6 is 0 Å². The van der Waals surface area contributed by atoms with Gasteiger partial charge in [-0.15, -0.1) is 0 Å². The predicted octanol–water partition coefficient (Wildman–Crippen LogP) is 2.22. The number of hydrogen-bond acceptors (Lipinski definition) is 4. The first kappa shape index (κ1) is 20.3. The molecule has 2 atom stereocenters. The van der Waals surface area contributed by atoms with Gasteiger partial charge in [-0.2, -0.15) is 4.31 Å². The molecule has 0 aliphatic carbocycles. The van der Waals surface area contributed by atoms with Gasteiger partial charge in [-0.25, -0.2) is 8.42 Å². The fraction of sp³-hybridized carbons (Fsp3) is 0.650. The van der Waals surface area contributed by atoms with Gasteiger partial charge >= 0.3 is 0 Å². The van der Waals surface area contributed by atoms with Crippen molar-refractivity contribution in [2.75, 3.05) is 26.2 Å². The molecule has 2 aliphatic heterocycles. The maximum absolute atomic E-state index is 13.0. The minimum Gasteiger partial charge on any atom is -0.353 e. The molecule has 1 amide bonds. The van der Waals surface area contributed by atoms with Crippen LogP contribution in [0, 0.1) is 0 Å². The molecule has 150 valence electrons. The lowest BCUT2D eigenvalue weighted by Gasteiger charge is -2.35. The highest BCUT2D eigenvalue weighted by atomic mass is 32.2. The van der Waals surface area contributed by atoms with Crippen LogP contribution in [0.1, 0.15) is 45.4 Å². The number of sulfonamides is 1. The summed E-state index contributed by atoms with van der Waals surface area (Å²) in [6, 6.07) is 8.36. The van der Waals surface area contributed by atoms with Crippen molar-refractivity contribution in [3.8, 4) is 0 Å². The molecule has 1 aromatic carbocycles. The van der Waals surface area contributed by atoms with Crippen molar-refractivity contribution in [2.24, 2.45) is 0 Å². The molecule has 1 aromatic rings. The van der Waals surface area contributed by atoms with E-state index in [1.807, 2.05) is 0 Å². The fourth-order valence-electron chi connectivity index (χ4n) is 4.11. The summed E-state index contributed by atoms with van der Waals surface area (Å²) in [7, 11) is -3.65. The van der Waals surface area contributed by atoms with Crippen LogP contribution in [0.25, 0.3) is 0 Å². The number of likely N-dealkylation sites (tertiary alicyclic amines) is 1. The Balaban J connectivity index is 1.62. The highest BCUT2D eigenvalue weighted by Crippen LogP contribution is 2.25. The number of nitrogens with one attached hydrogen (secondary N) is 1. The number of nitrogens with zero attached hydrogens (tertiary/aromatic N) is 2. The van der Waals surface area contributed by atoms with Crippen LogP contribution in [-0.4, -0.2) is 61.8 Å². The lowest BCUT2D eigenvalue weighted by atomic mass is 10.0. The van der Waals surface area contributed by atoms with Crippen LogP contribution in [-0.2, 0) is 14.8 Å². The molecule has 0 radical (unpaired) electrons. The number of carbonyl (C=O) groups excluding carboxylic acids is 1. The van der Waals surface area contributed by atoms with Crippen LogP contribution in [0.4, 0.5) is 0 Å². The maximum atomic E-state index is 13.0. The second kappa shape index (κ2) is 9.17. The third-order valence-corrected chi connectivity index (χ3v) is 7.67. The highest BCUT2D eigenvalue weighted by molar-refractivity contribution is 7.89. The van der Waals surface area contributed by atoms with Gasteiger partial charge in [0.15, 0.2) is 0 Å². The molecule has 2 heterocycles. The van der Waals surface area contributed by atoms with E-state index in [-0.39, 0.29) is 10.8 Å². The predicted molar refractivity (Wildman–Crippen MR) is 106 cm³/mol. The minimum atomic E-state index is -3.65. The lowest BCUT2D eigenvalue weighted by molar-refractivity contribution is -0.125. The molecule has 2 aliphatic rings. The minimum absolute atomic E-state index is 0.168. The van der Waals surface area contributed by atoms with Gasteiger partial charge in [0, 0.05) is 25.7 Å². The molecule has 7 heteroatoms. The molecular weight excluding hydrogens is 362 g/mol. The van der Waals surface area contributed by atoms with Crippen molar-refractivity contribution in [3.05, 3.63) is 30.3 Å². The van der Waals surface area contributed by atoms with Crippen LogP contribution < -0.4 is 5.32 Å². The normalized spacial score (nSPS) is 25.2. The molecule has 0 saturated carbocycles. The third kappa shape index (κ3) is 4.89. The number of hydrogen-bond donors (Lipinski definition) is 1. The molecule has 3 rings (SSSR count). The molecular formula is C20H31N3O3S. The molecule has 2 saturated heterocycles. The zero-order chi connectivity index (χ0) is 19.3. The van der Waals surface area contributed by atoms with Crippen LogP contribution in [0.5, 0.6) is 0 Å². The first-order chi connectivity index (χ1) is 13.0. The Morgan fingerprint density at radius 3 is 2.52 bits per heavy atom. The van der Waals surface area contributed by atoms with Crippen molar-refractivity contribution in [1.82, 2.24) is 14.5 Å². The van der Waals surface area contributed by atoms with E-state index in [0.29, 0.717) is 25.6 Å². The van der Waals surface area contributed by atoms with E-state index in [0.717, 1.165) is 25.9 Å². The standard InChI is InChI=1S/C20H31N3O3S/c1-17-9-5-7-14-22(17)16-13-21-20(24)19-12-6-8-15-23(19)27(25,26)18-10-3-2-4-11-18/h2-4,10-11,17,19H,5-9,12-16H2,1H3,(H,21,24). The summed E-state index contributed by atoms with van der Waals surface area (Å²) in [5.74, 6) is -0.168. The number of carbonyl (C=O) groups is 1. The summed E-state index contributed by atoms with van der Waals surface area (Å²) in [5.41, 5.74) is 0. The van der Waals surface area contributed by atoms with Gasteiger partial charge in [0.25, 0.3) is 0 Å². The van der Waals surface area contributed by atoms with E-state index < -0.39 is 16.1 Å². The Bertz CT molecular complexity index is 723. The summed E-state index contributed by atoms with van der Waals surface area (Å²) in [4.78, 5) is 15.4. The summed E-state index contributed by atoms with van der Waals surface area (Å²) in [6.45, 7) is 5.10. The van der Waals surface area contributed by atoms with Crippen molar-refractivity contribution >= 4 is 15.9 Å². The number of benzene rings is 1. The average Bonchev–Trinajstić information content (AvgIpc) is 2.70. The number of piperidine rings is 2. The van der Waals surface area contributed by atoms with Crippen molar-refractivity contribution < 1.29 is 13.2 Å². The molecule has 6 nitrogen and oxygen atoms in total. The Kier molecular flexibility index (Phi) is 6.89. The zero-order valence-electron chi connectivity index (χ0n) is 16.1. The summed E-state index contributed by atoms with van der Waals surface area (Å²) < 4.78 is 27.4. The van der Waals surface area contributed by atoms with Crippen LogP contribution in [0.2, 0.25) is 0 Å². The van der Waals surface area contributed by atoms with Crippen LogP contribution in [0.3, 0.4) is 0 Å². The molecule has 0 spiro atoms. The molecule has 1 N–H and O–H groups in total. The summed E-state index contributed by atoms with van der Waals surface area (Å²) in [5, 5.41) is 2.99. The Morgan fingerprint density at radius 2 is 1.78 bits per heavy atom. The van der Waals surface area contributed by atoms with Gasteiger partial charge in [-0.05, 0) is 51.3 Å². The summed E-state index contributed by atoms with van der Waals surface area (Å²) >= 11 is 0. The second-order valence-corrected chi connectivity index (χ2v) is 9.50. The van der Waals surface area contributed by atoms with Crippen LogP contribution in [0.15, 0.2) is 35.2 Å². The monoisotopic (exact) mass is 393 g/mol. The van der Waals surface area contributed by atoms with Gasteiger partial charge < -0.3 is 5.32 Å². The number of rotatable bonds is 6. The maximum Gasteiger partial charge on any atom is 0.243 e. The fourth-order valence-corrected chi connectivity index (χ4v) is 5.79. The second-order valence-electron chi connectivity index (χ2n) is 7.61. The van der Waals surface area contributed by atoms with Crippen molar-refractivity contribution in [1.29, 1.82) is 0 Å². The third-order valence-electron chi connectivity index (χ3n) is 5.74. The zero-order valence-corrected chi connectivity index (χ0v) is 17.0. The van der Waals surface area contributed by atoms with E-state index in [9.17, 15) is 13.2 Å². The van der Waals surface area contributed by atoms with E-state index in [4.69, 9.17) is 0 Å². The van der Waals surface area contributed by atoms with Gasteiger partial charge in [0.1, 0.15) is 6.04 Å². The van der Waals surface area contributed by atoms with E-state index in [1.54, 1.807) is 30.3 Å². The number of amides is 1. The van der Waals surface area contributed by atoms with Crippen molar-refractivity contribution in [3.63, 3.8) is 0 Å². The Morgan fingerprint density at radius 1 is 1.07 bits per heavy atom. The SMILES string of the molecule is CC1CCCCN1CCNC(=O)C1CCCCN1S(=O)(=O)c1ccccc1. The topological polar surface area (TPSA) is 69.7 Å². The van der Waals surface area contributed by atoms with Gasteiger partial charge in [-0.3, -0.25) is 9.69 Å². The first-order valence-electron chi connectivity index (χ1n) is 10.1. The lowest BCUT2D eigenvalue weighted by Crippen LogP contribution is -2.53. The first-order valence-corrected chi connectivity index (χ1v) is 11.5. The highest BCUT2D eigenvalue weighted by Gasteiger charge is 2.37. The molecule has 2 fully saturated rings. The average molecular weight is 394 g/mol. The Labute approximate surface area is 163 Å². The van der Waals surface area contributed by atoms with Crippen molar-refractivity contribution in [2.45, 2.75) is 62.4 Å². The molecule has 2 unspecified atom stereocenters. The summed E-state index contributed by atoms with van der Waals surface area (Å²) in [6.07, 6.45) is 5.95. The van der Waals surface area contributed by atoms with E-state index in [2.05, 4.69) is 17.1 Å². The van der Waals surface area contributed by atoms with Gasteiger partial charge in [0.2, 0.25) is 15.9 Å². The molecule has 27 heavy (non-hydrogen) atoms. The molecule has 0 bridgehead atoms. The largest absolute Gasteiger partial charge is 0.353 e. The van der Waals surface area contributed by atoms with E-state index >= 15 is 0 Å². The quantitative estimate of drug-likeness (QED) is 0.805. The van der Waals surface area contributed by atoms with Gasteiger partial charge in [0.05, 0.1) is 4.90 Å². The van der Waals surface area contributed by atoms with Gasteiger partial charge in [-0.1, -0.05) is 31.0 Å².